The van der Waals surface area contributed by atoms with Gasteiger partial charge in [0.05, 0.1) is 27.4 Å². The second-order valence-corrected chi connectivity index (χ2v) is 11.1. The fourth-order valence-corrected chi connectivity index (χ4v) is 5.99. The number of imidazole rings is 1. The first kappa shape index (κ1) is 24.6. The molecule has 7 nitrogen and oxygen atoms in total. The zero-order valence-electron chi connectivity index (χ0n) is 20.0. The molecule has 0 radical (unpaired) electrons. The predicted molar refractivity (Wildman–Crippen MR) is 149 cm³/mol. The Hall–Kier alpha value is -4.08. The molecule has 4 aromatic carbocycles. The summed E-state index contributed by atoms with van der Waals surface area (Å²) in [6.45, 7) is 0. The van der Waals surface area contributed by atoms with Crippen LogP contribution in [0.1, 0.15) is 0 Å². The van der Waals surface area contributed by atoms with E-state index >= 15 is 0 Å². The standard InChI is InChI=1S/C28H24N4O3S2/c1-31(22-12-4-2-5-13-22)37(34,35)24-16-10-11-21(19-24)29-27(33)20-36-28-30-25-17-8-9-18-26(25)32(28)23-14-6-3-7-15-23/h2-19H,20H2,1H3,(H,29,33). The summed E-state index contributed by atoms with van der Waals surface area (Å²) >= 11 is 1.32. The fraction of sp³-hybridized carbons (Fsp3) is 0.0714. The summed E-state index contributed by atoms with van der Waals surface area (Å²) in [5.41, 5.74) is 3.71. The van der Waals surface area contributed by atoms with E-state index in [4.69, 9.17) is 4.98 Å². The Morgan fingerprint density at radius 1 is 0.892 bits per heavy atom. The molecular formula is C28H24N4O3S2. The van der Waals surface area contributed by atoms with Crippen molar-refractivity contribution in [1.29, 1.82) is 0 Å². The Bertz CT molecular complexity index is 1650. The van der Waals surface area contributed by atoms with Crippen LogP contribution in [0.15, 0.2) is 119 Å². The third kappa shape index (κ3) is 5.23. The highest BCUT2D eigenvalue weighted by molar-refractivity contribution is 7.99. The van der Waals surface area contributed by atoms with Crippen molar-refractivity contribution in [2.45, 2.75) is 10.1 Å². The molecule has 1 aromatic heterocycles. The van der Waals surface area contributed by atoms with Crippen LogP contribution in [0.4, 0.5) is 11.4 Å². The number of rotatable bonds is 8. The smallest absolute Gasteiger partial charge is 0.264 e. The van der Waals surface area contributed by atoms with Gasteiger partial charge in [0.25, 0.3) is 10.0 Å². The number of hydrogen-bond acceptors (Lipinski definition) is 5. The van der Waals surface area contributed by atoms with Gasteiger partial charge in [-0.3, -0.25) is 13.7 Å². The number of thioether (sulfide) groups is 1. The number of nitrogens with one attached hydrogen (secondary N) is 1. The SMILES string of the molecule is CN(c1ccccc1)S(=O)(=O)c1cccc(NC(=O)CSc2nc3ccccc3n2-c2ccccc2)c1. The van der Waals surface area contributed by atoms with Gasteiger partial charge in [-0.05, 0) is 54.6 Å². The molecule has 0 aliphatic rings. The van der Waals surface area contributed by atoms with E-state index in [1.807, 2.05) is 65.2 Å². The first-order valence-corrected chi connectivity index (χ1v) is 14.0. The van der Waals surface area contributed by atoms with Crippen molar-refractivity contribution >= 4 is 50.1 Å². The van der Waals surface area contributed by atoms with E-state index in [1.54, 1.807) is 36.4 Å². The molecule has 0 fully saturated rings. The first-order chi connectivity index (χ1) is 17.9. The topological polar surface area (TPSA) is 84.3 Å². The Kier molecular flexibility index (Phi) is 6.98. The van der Waals surface area contributed by atoms with Crippen LogP contribution in [0.25, 0.3) is 16.7 Å². The second kappa shape index (κ2) is 10.5. The summed E-state index contributed by atoms with van der Waals surface area (Å²) in [4.78, 5) is 17.7. The molecule has 1 heterocycles. The maximum absolute atomic E-state index is 13.1. The number of amides is 1. The van der Waals surface area contributed by atoms with Gasteiger partial charge in [0.2, 0.25) is 5.91 Å². The summed E-state index contributed by atoms with van der Waals surface area (Å²) in [6.07, 6.45) is 0. The van der Waals surface area contributed by atoms with Crippen LogP contribution in [-0.2, 0) is 14.8 Å². The van der Waals surface area contributed by atoms with Gasteiger partial charge in [-0.15, -0.1) is 0 Å². The van der Waals surface area contributed by atoms with Crippen LogP contribution in [-0.4, -0.2) is 36.7 Å². The summed E-state index contributed by atoms with van der Waals surface area (Å²) < 4.78 is 29.5. The van der Waals surface area contributed by atoms with Gasteiger partial charge in [-0.2, -0.15) is 0 Å². The van der Waals surface area contributed by atoms with Gasteiger partial charge in [0, 0.05) is 18.4 Å². The molecule has 0 atom stereocenters. The number of anilines is 2. The van der Waals surface area contributed by atoms with Crippen LogP contribution in [0.2, 0.25) is 0 Å². The minimum atomic E-state index is -3.79. The summed E-state index contributed by atoms with van der Waals surface area (Å²) in [5, 5.41) is 3.51. The lowest BCUT2D eigenvalue weighted by Gasteiger charge is -2.19. The van der Waals surface area contributed by atoms with E-state index in [1.165, 1.54) is 35.2 Å². The highest BCUT2D eigenvalue weighted by atomic mass is 32.2. The number of carbonyl (C=O) groups is 1. The molecule has 0 aliphatic carbocycles. The van der Waals surface area contributed by atoms with Crippen molar-refractivity contribution in [2.24, 2.45) is 0 Å². The van der Waals surface area contributed by atoms with E-state index < -0.39 is 10.0 Å². The molecular weight excluding hydrogens is 504 g/mol. The third-order valence-electron chi connectivity index (χ3n) is 5.77. The quantitative estimate of drug-likeness (QED) is 0.266. The number of hydrogen-bond donors (Lipinski definition) is 1. The monoisotopic (exact) mass is 528 g/mol. The van der Waals surface area contributed by atoms with Crippen molar-refractivity contribution in [3.8, 4) is 5.69 Å². The maximum Gasteiger partial charge on any atom is 0.264 e. The number of benzene rings is 4. The summed E-state index contributed by atoms with van der Waals surface area (Å²) in [7, 11) is -2.29. The lowest BCUT2D eigenvalue weighted by atomic mass is 10.3. The molecule has 1 amide bonds. The van der Waals surface area contributed by atoms with E-state index in [0.717, 1.165) is 16.7 Å². The summed E-state index contributed by atoms with van der Waals surface area (Å²) in [5.74, 6) is -0.153. The van der Waals surface area contributed by atoms with Gasteiger partial charge in [-0.25, -0.2) is 13.4 Å². The molecule has 0 aliphatic heterocycles. The van der Waals surface area contributed by atoms with Crippen molar-refractivity contribution in [1.82, 2.24) is 9.55 Å². The minimum absolute atomic E-state index is 0.0928. The molecule has 0 saturated heterocycles. The van der Waals surface area contributed by atoms with E-state index in [0.29, 0.717) is 16.5 Å². The maximum atomic E-state index is 13.1. The number of sulfonamides is 1. The second-order valence-electron chi connectivity index (χ2n) is 8.23. The summed E-state index contributed by atoms with van der Waals surface area (Å²) in [6, 6.07) is 32.8. The highest BCUT2D eigenvalue weighted by Gasteiger charge is 2.22. The zero-order valence-corrected chi connectivity index (χ0v) is 21.6. The average molecular weight is 529 g/mol. The van der Waals surface area contributed by atoms with Crippen LogP contribution < -0.4 is 9.62 Å². The molecule has 9 heteroatoms. The van der Waals surface area contributed by atoms with E-state index in [-0.39, 0.29) is 16.6 Å². The molecule has 37 heavy (non-hydrogen) atoms. The normalized spacial score (nSPS) is 11.4. The lowest BCUT2D eigenvalue weighted by molar-refractivity contribution is -0.113. The van der Waals surface area contributed by atoms with Crippen LogP contribution in [0, 0.1) is 0 Å². The van der Waals surface area contributed by atoms with Crippen molar-refractivity contribution in [3.63, 3.8) is 0 Å². The average Bonchev–Trinajstić information content (AvgIpc) is 3.31. The van der Waals surface area contributed by atoms with E-state index in [2.05, 4.69) is 5.32 Å². The molecule has 0 unspecified atom stereocenters. The number of aromatic nitrogens is 2. The molecule has 0 bridgehead atoms. The molecule has 0 saturated carbocycles. The van der Waals surface area contributed by atoms with Gasteiger partial charge in [-0.1, -0.05) is 66.4 Å². The minimum Gasteiger partial charge on any atom is -0.325 e. The number of nitrogens with zero attached hydrogens (tertiary/aromatic N) is 3. The Morgan fingerprint density at radius 3 is 2.32 bits per heavy atom. The van der Waals surface area contributed by atoms with Crippen molar-refractivity contribution < 1.29 is 13.2 Å². The fourth-order valence-electron chi connectivity index (χ4n) is 3.92. The van der Waals surface area contributed by atoms with Gasteiger partial charge in [0.1, 0.15) is 0 Å². The lowest BCUT2D eigenvalue weighted by Crippen LogP contribution is -2.26. The Balaban J connectivity index is 1.32. The van der Waals surface area contributed by atoms with Gasteiger partial charge in [0.15, 0.2) is 5.16 Å². The highest BCUT2D eigenvalue weighted by Crippen LogP contribution is 2.28. The molecule has 0 spiro atoms. The molecule has 186 valence electrons. The van der Waals surface area contributed by atoms with Gasteiger partial charge >= 0.3 is 0 Å². The third-order valence-corrected chi connectivity index (χ3v) is 8.49. The van der Waals surface area contributed by atoms with Crippen LogP contribution in [0.5, 0.6) is 0 Å². The zero-order chi connectivity index (χ0) is 25.8. The van der Waals surface area contributed by atoms with Gasteiger partial charge < -0.3 is 5.32 Å². The number of fused-ring (bicyclic) bond motifs is 1. The van der Waals surface area contributed by atoms with Crippen molar-refractivity contribution in [2.75, 3.05) is 22.4 Å². The van der Waals surface area contributed by atoms with Crippen LogP contribution >= 0.6 is 11.8 Å². The number of carbonyl (C=O) groups excluding carboxylic acids is 1. The molecule has 5 rings (SSSR count). The molecule has 1 N–H and O–H groups in total. The van der Waals surface area contributed by atoms with Crippen LogP contribution in [0.3, 0.4) is 0 Å². The Morgan fingerprint density at radius 2 is 1.57 bits per heavy atom. The van der Waals surface area contributed by atoms with E-state index in [9.17, 15) is 13.2 Å². The number of para-hydroxylation sites is 4. The first-order valence-electron chi connectivity index (χ1n) is 11.5. The molecule has 5 aromatic rings. The van der Waals surface area contributed by atoms with Crippen molar-refractivity contribution in [3.05, 3.63) is 109 Å². The largest absolute Gasteiger partial charge is 0.325 e. The predicted octanol–water partition coefficient (Wildman–Crippen LogP) is 5.58. The Labute approximate surface area is 219 Å².